The Morgan fingerprint density at radius 3 is 2.10 bits per heavy atom. The number of nitrogens with one attached hydrogen (secondary N) is 3. The van der Waals surface area contributed by atoms with Crippen molar-refractivity contribution in [1.82, 2.24) is 9.97 Å². The van der Waals surface area contributed by atoms with Crippen molar-refractivity contribution in [1.29, 1.82) is 0 Å². The number of pyridine rings is 2. The van der Waals surface area contributed by atoms with Crippen LogP contribution in [0.15, 0.2) is 91.3 Å². The number of hydrogen-bond acceptors (Lipinski definition) is 4. The van der Waals surface area contributed by atoms with Gasteiger partial charge in [0.25, 0.3) is 0 Å². The Morgan fingerprint density at radius 2 is 1.37 bits per heavy atom. The van der Waals surface area contributed by atoms with Gasteiger partial charge in [0.1, 0.15) is 11.6 Å². The highest BCUT2D eigenvalue weighted by Gasteiger charge is 2.08. The van der Waals surface area contributed by atoms with E-state index in [1.165, 1.54) is 0 Å². The minimum Gasteiger partial charge on any atom is -0.340 e. The Morgan fingerprint density at radius 1 is 0.733 bits per heavy atom. The number of aromatic nitrogens is 2. The van der Waals surface area contributed by atoms with Crippen molar-refractivity contribution in [3.8, 4) is 11.1 Å². The number of benzene rings is 2. The van der Waals surface area contributed by atoms with Gasteiger partial charge in [0.05, 0.1) is 10.7 Å². The number of hydrogen-bond donors (Lipinski definition) is 3. The van der Waals surface area contributed by atoms with Crippen molar-refractivity contribution in [2.45, 2.75) is 0 Å². The topological polar surface area (TPSA) is 78.9 Å². The van der Waals surface area contributed by atoms with Crippen LogP contribution in [0.4, 0.5) is 27.8 Å². The predicted octanol–water partition coefficient (Wildman–Crippen LogP) is 6.18. The van der Waals surface area contributed by atoms with E-state index in [4.69, 9.17) is 11.6 Å². The Balaban J connectivity index is 1.49. The Hall–Kier alpha value is -3.90. The Bertz CT molecular complexity index is 1170. The van der Waals surface area contributed by atoms with Gasteiger partial charge in [-0.2, -0.15) is 0 Å². The first-order chi connectivity index (χ1) is 14.7. The van der Waals surface area contributed by atoms with Crippen molar-refractivity contribution < 1.29 is 4.79 Å². The van der Waals surface area contributed by atoms with Gasteiger partial charge in [-0.1, -0.05) is 41.9 Å². The van der Waals surface area contributed by atoms with Crippen LogP contribution in [0.25, 0.3) is 11.1 Å². The van der Waals surface area contributed by atoms with E-state index in [-0.39, 0.29) is 0 Å². The fourth-order valence-corrected chi connectivity index (χ4v) is 3.04. The molecule has 6 nitrogen and oxygen atoms in total. The molecule has 0 aliphatic heterocycles. The molecular weight excluding hydrogens is 398 g/mol. The lowest BCUT2D eigenvalue weighted by molar-refractivity contribution is 0.262. The molecule has 0 unspecified atom stereocenters. The molecular formula is C23H18ClN5O. The van der Waals surface area contributed by atoms with E-state index in [9.17, 15) is 4.79 Å². The predicted molar refractivity (Wildman–Crippen MR) is 121 cm³/mol. The Labute approximate surface area is 179 Å². The lowest BCUT2D eigenvalue weighted by atomic mass is 10.1. The largest absolute Gasteiger partial charge is 0.340 e. The highest BCUT2D eigenvalue weighted by Crippen LogP contribution is 2.25. The monoisotopic (exact) mass is 415 g/mol. The third-order valence-corrected chi connectivity index (χ3v) is 4.59. The average Bonchev–Trinajstić information content (AvgIpc) is 2.76. The Kier molecular flexibility index (Phi) is 5.87. The van der Waals surface area contributed by atoms with Gasteiger partial charge in [0.15, 0.2) is 0 Å². The van der Waals surface area contributed by atoms with Crippen LogP contribution < -0.4 is 16.0 Å². The summed E-state index contributed by atoms with van der Waals surface area (Å²) < 4.78 is 0. The first-order valence-corrected chi connectivity index (χ1v) is 9.62. The van der Waals surface area contributed by atoms with Crippen LogP contribution in [0, 0.1) is 0 Å². The molecule has 4 aromatic rings. The summed E-state index contributed by atoms with van der Waals surface area (Å²) in [5.41, 5.74) is 3.33. The molecule has 148 valence electrons. The zero-order valence-corrected chi connectivity index (χ0v) is 16.6. The first-order valence-electron chi connectivity index (χ1n) is 9.24. The van der Waals surface area contributed by atoms with Gasteiger partial charge in [0, 0.05) is 18.1 Å². The van der Waals surface area contributed by atoms with Crippen LogP contribution in [0.3, 0.4) is 0 Å². The summed E-state index contributed by atoms with van der Waals surface area (Å²) in [5, 5.41) is 9.18. The van der Waals surface area contributed by atoms with E-state index < -0.39 is 6.03 Å². The summed E-state index contributed by atoms with van der Waals surface area (Å²) >= 11 is 6.08. The maximum atomic E-state index is 12.3. The van der Waals surface area contributed by atoms with Crippen molar-refractivity contribution in [3.63, 3.8) is 0 Å². The van der Waals surface area contributed by atoms with Gasteiger partial charge < -0.3 is 10.6 Å². The summed E-state index contributed by atoms with van der Waals surface area (Å²) in [4.78, 5) is 20.9. The molecule has 0 atom stereocenters. The molecule has 0 saturated carbocycles. The second-order valence-electron chi connectivity index (χ2n) is 6.41. The molecule has 2 heterocycles. The van der Waals surface area contributed by atoms with Crippen LogP contribution in [0.1, 0.15) is 0 Å². The van der Waals surface area contributed by atoms with Crippen LogP contribution in [0.2, 0.25) is 5.02 Å². The van der Waals surface area contributed by atoms with Crippen LogP contribution in [-0.4, -0.2) is 16.0 Å². The number of carbonyl (C=O) groups is 1. The number of urea groups is 1. The number of para-hydroxylation sites is 2. The standard InChI is InChI=1S/C23H18ClN5O/c24-19-8-4-5-9-20(19)28-23(30)29-22-15-17(11-13-26-22)16-10-12-25-21(14-16)27-18-6-2-1-3-7-18/h1-15H,(H,25,27)(H2,26,28,29,30). The fraction of sp³-hybridized carbons (Fsp3) is 0. The number of carbonyl (C=O) groups excluding carboxylic acids is 1. The van der Waals surface area contributed by atoms with Gasteiger partial charge in [0.2, 0.25) is 0 Å². The number of anilines is 4. The van der Waals surface area contributed by atoms with E-state index >= 15 is 0 Å². The molecule has 0 fully saturated rings. The normalized spacial score (nSPS) is 10.3. The number of halogens is 1. The molecule has 0 saturated heterocycles. The van der Waals surface area contributed by atoms with Crippen molar-refractivity contribution >= 4 is 40.6 Å². The van der Waals surface area contributed by atoms with Crippen LogP contribution >= 0.6 is 11.6 Å². The molecule has 2 aromatic carbocycles. The zero-order valence-electron chi connectivity index (χ0n) is 15.8. The van der Waals surface area contributed by atoms with E-state index in [2.05, 4.69) is 25.9 Å². The number of rotatable bonds is 5. The van der Waals surface area contributed by atoms with E-state index in [1.54, 1.807) is 42.7 Å². The van der Waals surface area contributed by atoms with Gasteiger partial charge in [-0.3, -0.25) is 5.32 Å². The summed E-state index contributed by atoms with van der Waals surface area (Å²) in [6.45, 7) is 0. The van der Waals surface area contributed by atoms with E-state index in [1.807, 2.05) is 48.5 Å². The second kappa shape index (κ2) is 9.07. The molecule has 3 N–H and O–H groups in total. The molecule has 0 radical (unpaired) electrons. The molecule has 0 aliphatic carbocycles. The summed E-state index contributed by atoms with van der Waals surface area (Å²) in [7, 11) is 0. The molecule has 4 rings (SSSR count). The highest BCUT2D eigenvalue weighted by atomic mass is 35.5. The summed E-state index contributed by atoms with van der Waals surface area (Å²) in [6.07, 6.45) is 3.38. The maximum absolute atomic E-state index is 12.3. The number of amides is 2. The minimum absolute atomic E-state index is 0.422. The van der Waals surface area contributed by atoms with Gasteiger partial charge in [-0.25, -0.2) is 14.8 Å². The lowest BCUT2D eigenvalue weighted by Crippen LogP contribution is -2.20. The van der Waals surface area contributed by atoms with Crippen LogP contribution in [0.5, 0.6) is 0 Å². The maximum Gasteiger partial charge on any atom is 0.324 e. The molecule has 2 amide bonds. The average molecular weight is 416 g/mol. The molecule has 0 spiro atoms. The first kappa shape index (κ1) is 19.4. The third-order valence-electron chi connectivity index (χ3n) is 4.26. The summed E-state index contributed by atoms with van der Waals surface area (Å²) in [6, 6.07) is 23.9. The van der Waals surface area contributed by atoms with Crippen LogP contribution in [-0.2, 0) is 0 Å². The van der Waals surface area contributed by atoms with Gasteiger partial charge in [-0.05, 0) is 59.7 Å². The van der Waals surface area contributed by atoms with Gasteiger partial charge >= 0.3 is 6.03 Å². The highest BCUT2D eigenvalue weighted by molar-refractivity contribution is 6.33. The van der Waals surface area contributed by atoms with Crippen molar-refractivity contribution in [2.24, 2.45) is 0 Å². The van der Waals surface area contributed by atoms with Crippen molar-refractivity contribution in [2.75, 3.05) is 16.0 Å². The zero-order chi connectivity index (χ0) is 20.8. The molecule has 0 aliphatic rings. The molecule has 0 bridgehead atoms. The second-order valence-corrected chi connectivity index (χ2v) is 6.82. The quantitative estimate of drug-likeness (QED) is 0.363. The fourth-order valence-electron chi connectivity index (χ4n) is 2.86. The third kappa shape index (κ3) is 4.92. The molecule has 30 heavy (non-hydrogen) atoms. The minimum atomic E-state index is -0.422. The van der Waals surface area contributed by atoms with Gasteiger partial charge in [-0.15, -0.1) is 0 Å². The summed E-state index contributed by atoms with van der Waals surface area (Å²) in [5.74, 6) is 1.15. The SMILES string of the molecule is O=C(Nc1cc(-c2ccnc(Nc3ccccc3)c2)ccn1)Nc1ccccc1Cl. The lowest BCUT2D eigenvalue weighted by Gasteiger charge is -2.10. The van der Waals surface area contributed by atoms with E-state index in [0.717, 1.165) is 22.6 Å². The molecule has 2 aromatic heterocycles. The molecule has 7 heteroatoms. The van der Waals surface area contributed by atoms with Crippen molar-refractivity contribution in [3.05, 3.63) is 96.3 Å². The smallest absolute Gasteiger partial charge is 0.324 e. The number of nitrogens with zero attached hydrogens (tertiary/aromatic N) is 2. The van der Waals surface area contributed by atoms with E-state index in [0.29, 0.717) is 16.5 Å².